The van der Waals surface area contributed by atoms with Crippen LogP contribution in [-0.4, -0.2) is 45.7 Å². The highest BCUT2D eigenvalue weighted by atomic mass is 16.2. The highest BCUT2D eigenvalue weighted by Gasteiger charge is 2.48. The van der Waals surface area contributed by atoms with Crippen molar-refractivity contribution >= 4 is 11.6 Å². The molecule has 1 aliphatic carbocycles. The maximum Gasteiger partial charge on any atom is 0.226 e. The molecule has 2 N–H and O–H groups in total. The van der Waals surface area contributed by atoms with Crippen LogP contribution in [0.3, 0.4) is 0 Å². The number of piperidine rings is 1. The zero-order valence-electron chi connectivity index (χ0n) is 14.5. The van der Waals surface area contributed by atoms with E-state index < -0.39 is 0 Å². The number of rotatable bonds is 5. The topological polar surface area (TPSA) is 86.8 Å². The van der Waals surface area contributed by atoms with Crippen LogP contribution < -0.4 is 10.2 Å². The van der Waals surface area contributed by atoms with Crippen molar-refractivity contribution in [3.63, 3.8) is 0 Å². The summed E-state index contributed by atoms with van der Waals surface area (Å²) in [6.07, 6.45) is 5.07. The number of aromatic amines is 1. The van der Waals surface area contributed by atoms with Gasteiger partial charge in [0.2, 0.25) is 11.7 Å². The Balaban J connectivity index is 1.32. The van der Waals surface area contributed by atoms with Gasteiger partial charge in [-0.2, -0.15) is 5.21 Å². The molecule has 7 nitrogen and oxygen atoms in total. The second-order valence-electron chi connectivity index (χ2n) is 7.15. The van der Waals surface area contributed by atoms with Crippen LogP contribution in [0.25, 0.3) is 11.4 Å². The lowest BCUT2D eigenvalue weighted by Gasteiger charge is -2.34. The number of nitrogens with one attached hydrogen (secondary N) is 2. The second kappa shape index (κ2) is 6.46. The Morgan fingerprint density at radius 3 is 2.56 bits per heavy atom. The summed E-state index contributed by atoms with van der Waals surface area (Å²) in [5.41, 5.74) is 2.11. The van der Waals surface area contributed by atoms with E-state index in [0.29, 0.717) is 11.9 Å². The van der Waals surface area contributed by atoms with Crippen molar-refractivity contribution in [2.45, 2.75) is 45.1 Å². The second-order valence-corrected chi connectivity index (χ2v) is 7.15. The molecule has 0 spiro atoms. The predicted molar refractivity (Wildman–Crippen MR) is 94.9 cm³/mol. The van der Waals surface area contributed by atoms with Crippen molar-refractivity contribution in [1.82, 2.24) is 25.9 Å². The molecule has 132 valence electrons. The molecular formula is C18H24N6O. The van der Waals surface area contributed by atoms with E-state index >= 15 is 0 Å². The molecular weight excluding hydrogens is 316 g/mol. The van der Waals surface area contributed by atoms with E-state index in [2.05, 4.69) is 49.9 Å². The van der Waals surface area contributed by atoms with Crippen molar-refractivity contribution in [2.24, 2.45) is 5.41 Å². The maximum atomic E-state index is 12.4. The van der Waals surface area contributed by atoms with Crippen LogP contribution in [0, 0.1) is 5.41 Å². The van der Waals surface area contributed by atoms with Gasteiger partial charge in [0.25, 0.3) is 0 Å². The molecule has 2 heterocycles. The first-order valence-electron chi connectivity index (χ1n) is 9.10. The van der Waals surface area contributed by atoms with Crippen molar-refractivity contribution in [3.05, 3.63) is 24.3 Å². The van der Waals surface area contributed by atoms with Gasteiger partial charge < -0.3 is 10.2 Å². The Kier molecular flexibility index (Phi) is 4.15. The van der Waals surface area contributed by atoms with Crippen LogP contribution in [0.5, 0.6) is 0 Å². The molecule has 4 rings (SSSR count). The number of carbonyl (C=O) groups is 1. The molecule has 1 aromatic heterocycles. The normalized spacial score (nSPS) is 19.6. The molecule has 1 saturated heterocycles. The number of benzene rings is 1. The van der Waals surface area contributed by atoms with Gasteiger partial charge >= 0.3 is 0 Å². The average molecular weight is 340 g/mol. The van der Waals surface area contributed by atoms with Gasteiger partial charge in [-0.25, -0.2) is 0 Å². The molecule has 7 heteroatoms. The highest BCUT2D eigenvalue weighted by Crippen LogP contribution is 2.48. The van der Waals surface area contributed by atoms with E-state index in [4.69, 9.17) is 0 Å². The molecule has 0 radical (unpaired) electrons. The predicted octanol–water partition coefficient (Wildman–Crippen LogP) is 2.14. The largest absolute Gasteiger partial charge is 0.371 e. The Morgan fingerprint density at radius 1 is 1.28 bits per heavy atom. The summed E-state index contributed by atoms with van der Waals surface area (Å²) in [4.78, 5) is 14.8. The smallest absolute Gasteiger partial charge is 0.226 e. The van der Waals surface area contributed by atoms with Gasteiger partial charge in [-0.15, -0.1) is 10.2 Å². The first-order valence-corrected chi connectivity index (χ1v) is 9.10. The monoisotopic (exact) mass is 340 g/mol. The van der Waals surface area contributed by atoms with Gasteiger partial charge in [0.05, 0.1) is 0 Å². The molecule has 2 fully saturated rings. The van der Waals surface area contributed by atoms with Gasteiger partial charge in [0.15, 0.2) is 0 Å². The number of nitrogens with zero attached hydrogens (tertiary/aromatic N) is 4. The summed E-state index contributed by atoms with van der Waals surface area (Å²) in [7, 11) is 0. The van der Waals surface area contributed by atoms with Crippen molar-refractivity contribution in [1.29, 1.82) is 0 Å². The van der Waals surface area contributed by atoms with Gasteiger partial charge in [-0.3, -0.25) is 4.79 Å². The zero-order valence-corrected chi connectivity index (χ0v) is 14.5. The van der Waals surface area contributed by atoms with E-state index in [0.717, 1.165) is 50.8 Å². The van der Waals surface area contributed by atoms with E-state index in [1.54, 1.807) is 0 Å². The summed E-state index contributed by atoms with van der Waals surface area (Å²) in [6.45, 7) is 4.05. The van der Waals surface area contributed by atoms with Gasteiger partial charge in [-0.1, -0.05) is 6.92 Å². The van der Waals surface area contributed by atoms with E-state index in [1.165, 1.54) is 5.69 Å². The van der Waals surface area contributed by atoms with Crippen molar-refractivity contribution < 1.29 is 4.79 Å². The minimum atomic E-state index is -0.0396. The lowest BCUT2D eigenvalue weighted by atomic mass is 9.99. The SMILES string of the molecule is CCC1(C(=O)NC2CCN(c3ccc(-c4nn[nH]n4)cc3)CC2)CC1. The molecule has 0 bridgehead atoms. The fourth-order valence-electron chi connectivity index (χ4n) is 3.62. The molecule has 0 unspecified atom stereocenters. The lowest BCUT2D eigenvalue weighted by Crippen LogP contribution is -2.46. The van der Waals surface area contributed by atoms with E-state index in [9.17, 15) is 4.79 Å². The Hall–Kier alpha value is -2.44. The number of amides is 1. The van der Waals surface area contributed by atoms with Crippen LogP contribution >= 0.6 is 0 Å². The van der Waals surface area contributed by atoms with Gasteiger partial charge in [-0.05, 0) is 61.6 Å². The fraction of sp³-hybridized carbons (Fsp3) is 0.556. The summed E-state index contributed by atoms with van der Waals surface area (Å²) in [5, 5.41) is 17.3. The number of H-pyrrole nitrogens is 1. The molecule has 1 saturated carbocycles. The molecule has 1 aliphatic heterocycles. The number of anilines is 1. The number of aromatic nitrogens is 4. The Bertz CT molecular complexity index is 715. The van der Waals surface area contributed by atoms with Crippen molar-refractivity contribution in [3.8, 4) is 11.4 Å². The van der Waals surface area contributed by atoms with Crippen LogP contribution in [0.15, 0.2) is 24.3 Å². The van der Waals surface area contributed by atoms with Crippen LogP contribution in [0.4, 0.5) is 5.69 Å². The van der Waals surface area contributed by atoms with Crippen molar-refractivity contribution in [2.75, 3.05) is 18.0 Å². The molecule has 25 heavy (non-hydrogen) atoms. The maximum absolute atomic E-state index is 12.4. The molecule has 2 aliphatic rings. The third-order valence-electron chi connectivity index (χ3n) is 5.68. The average Bonchev–Trinajstić information content (AvgIpc) is 3.28. The summed E-state index contributed by atoms with van der Waals surface area (Å²) >= 11 is 0. The van der Waals surface area contributed by atoms with Gasteiger partial charge in [0, 0.05) is 35.8 Å². The van der Waals surface area contributed by atoms with E-state index in [1.807, 2.05) is 12.1 Å². The first-order chi connectivity index (χ1) is 12.2. The third-order valence-corrected chi connectivity index (χ3v) is 5.68. The van der Waals surface area contributed by atoms with E-state index in [-0.39, 0.29) is 11.3 Å². The summed E-state index contributed by atoms with van der Waals surface area (Å²) in [6, 6.07) is 8.55. The summed E-state index contributed by atoms with van der Waals surface area (Å²) in [5.74, 6) is 0.885. The van der Waals surface area contributed by atoms with Crippen LogP contribution in [-0.2, 0) is 4.79 Å². The number of hydrogen-bond acceptors (Lipinski definition) is 5. The van der Waals surface area contributed by atoms with Crippen LogP contribution in [0.2, 0.25) is 0 Å². The van der Waals surface area contributed by atoms with Crippen LogP contribution in [0.1, 0.15) is 39.0 Å². The standard InChI is InChI=1S/C18H24N6O/c1-2-18(9-10-18)17(25)19-14-7-11-24(12-8-14)15-5-3-13(4-6-15)16-20-22-23-21-16/h3-6,14H,2,7-12H2,1H3,(H,19,25)(H,20,21,22,23). The third kappa shape index (κ3) is 3.23. The fourth-order valence-corrected chi connectivity index (χ4v) is 3.62. The summed E-state index contributed by atoms with van der Waals surface area (Å²) < 4.78 is 0. The lowest BCUT2D eigenvalue weighted by molar-refractivity contribution is -0.127. The first kappa shape index (κ1) is 16.1. The Labute approximate surface area is 147 Å². The molecule has 2 aromatic rings. The Morgan fingerprint density at radius 2 is 2.00 bits per heavy atom. The highest BCUT2D eigenvalue weighted by molar-refractivity contribution is 5.85. The molecule has 0 atom stereocenters. The number of tetrazole rings is 1. The number of carbonyl (C=O) groups excluding carboxylic acids is 1. The molecule has 1 aromatic carbocycles. The number of hydrogen-bond donors (Lipinski definition) is 2. The quantitative estimate of drug-likeness (QED) is 0.871. The van der Waals surface area contributed by atoms with Gasteiger partial charge in [0.1, 0.15) is 0 Å². The zero-order chi connectivity index (χ0) is 17.3. The molecule has 1 amide bonds. The minimum absolute atomic E-state index is 0.0396. The minimum Gasteiger partial charge on any atom is -0.371 e.